The molecule has 1 fully saturated rings. The molecular weight excluding hydrogens is 222 g/mol. The smallest absolute Gasteiger partial charge is 0.106 e. The molecule has 1 aromatic heterocycles. The monoisotopic (exact) mass is 243 g/mol. The molecule has 0 spiro atoms. The molecule has 18 heavy (non-hydrogen) atoms. The van der Waals surface area contributed by atoms with E-state index in [1.807, 2.05) is 0 Å². The predicted molar refractivity (Wildman–Crippen MR) is 75.0 cm³/mol. The van der Waals surface area contributed by atoms with Gasteiger partial charge < -0.3 is 9.88 Å². The first kappa shape index (κ1) is 11.7. The van der Waals surface area contributed by atoms with E-state index in [0.29, 0.717) is 5.92 Å². The molecule has 0 radical (unpaired) electrons. The topological polar surface area (TPSA) is 29.9 Å². The Bertz CT molecular complexity index is 550. The van der Waals surface area contributed by atoms with Gasteiger partial charge in [-0.1, -0.05) is 6.07 Å². The molecule has 3 rings (SSSR count). The van der Waals surface area contributed by atoms with E-state index < -0.39 is 0 Å². The molecule has 3 nitrogen and oxygen atoms in total. The van der Waals surface area contributed by atoms with E-state index in [4.69, 9.17) is 0 Å². The number of aryl methyl sites for hydroxylation is 2. The molecule has 0 atom stereocenters. The third kappa shape index (κ3) is 1.93. The molecule has 1 saturated heterocycles. The zero-order valence-corrected chi connectivity index (χ0v) is 11.2. The Hall–Kier alpha value is -1.35. The Balaban J connectivity index is 2.00. The van der Waals surface area contributed by atoms with Crippen molar-refractivity contribution in [3.05, 3.63) is 29.6 Å². The summed E-state index contributed by atoms with van der Waals surface area (Å²) in [5.41, 5.74) is 3.89. The van der Waals surface area contributed by atoms with Gasteiger partial charge >= 0.3 is 0 Å². The zero-order chi connectivity index (χ0) is 12.5. The molecule has 1 aliphatic rings. The van der Waals surface area contributed by atoms with Crippen LogP contribution in [0.25, 0.3) is 11.0 Å². The number of rotatable bonds is 2. The lowest BCUT2D eigenvalue weighted by atomic mass is 9.90. The van der Waals surface area contributed by atoms with Crippen molar-refractivity contribution >= 4 is 11.0 Å². The number of nitrogens with one attached hydrogen (secondary N) is 1. The van der Waals surface area contributed by atoms with Gasteiger partial charge in [0.2, 0.25) is 0 Å². The molecule has 0 unspecified atom stereocenters. The van der Waals surface area contributed by atoms with Crippen LogP contribution in [0.15, 0.2) is 18.2 Å². The van der Waals surface area contributed by atoms with Gasteiger partial charge in [-0.2, -0.15) is 0 Å². The van der Waals surface area contributed by atoms with Crippen LogP contribution >= 0.6 is 0 Å². The summed E-state index contributed by atoms with van der Waals surface area (Å²) in [5.74, 6) is 1.83. The summed E-state index contributed by atoms with van der Waals surface area (Å²) in [4.78, 5) is 4.69. The minimum Gasteiger partial charge on any atom is -0.329 e. The SMILES string of the molecule is CCn1c(C)nc2cc(C3CCNCC3)ccc21. The van der Waals surface area contributed by atoms with Crippen LogP contribution in [0.2, 0.25) is 0 Å². The Labute approximate surface area is 108 Å². The second kappa shape index (κ2) is 4.73. The molecule has 2 heterocycles. The number of hydrogen-bond acceptors (Lipinski definition) is 2. The van der Waals surface area contributed by atoms with Crippen LogP contribution in [-0.2, 0) is 6.54 Å². The van der Waals surface area contributed by atoms with Gasteiger partial charge in [-0.15, -0.1) is 0 Å². The predicted octanol–water partition coefficient (Wildman–Crippen LogP) is 2.83. The fourth-order valence-electron chi connectivity index (χ4n) is 3.08. The van der Waals surface area contributed by atoms with Crippen molar-refractivity contribution in [3.63, 3.8) is 0 Å². The van der Waals surface area contributed by atoms with Gasteiger partial charge in [0.1, 0.15) is 5.82 Å². The molecule has 1 aliphatic heterocycles. The molecule has 3 heteroatoms. The standard InChI is InChI=1S/C15H21N3/c1-3-18-11(2)17-14-10-13(4-5-15(14)18)12-6-8-16-9-7-12/h4-5,10,12,16H,3,6-9H2,1-2H3. The third-order valence-electron chi connectivity index (χ3n) is 4.09. The lowest BCUT2D eigenvalue weighted by Gasteiger charge is -2.22. The molecular formula is C15H21N3. The van der Waals surface area contributed by atoms with Gasteiger partial charge in [-0.3, -0.25) is 0 Å². The molecule has 0 saturated carbocycles. The van der Waals surface area contributed by atoms with Crippen LogP contribution < -0.4 is 5.32 Å². The van der Waals surface area contributed by atoms with Gasteiger partial charge in [0.05, 0.1) is 11.0 Å². The van der Waals surface area contributed by atoms with Gasteiger partial charge in [0.25, 0.3) is 0 Å². The van der Waals surface area contributed by atoms with Crippen LogP contribution in [0.4, 0.5) is 0 Å². The number of aromatic nitrogens is 2. The average Bonchev–Trinajstić information content (AvgIpc) is 2.74. The normalized spacial score (nSPS) is 17.4. The van der Waals surface area contributed by atoms with Crippen molar-refractivity contribution < 1.29 is 0 Å². The highest BCUT2D eigenvalue weighted by atomic mass is 15.1. The van der Waals surface area contributed by atoms with Gasteiger partial charge in [-0.05, 0) is 63.4 Å². The fraction of sp³-hybridized carbons (Fsp3) is 0.533. The van der Waals surface area contributed by atoms with Crippen molar-refractivity contribution in [1.82, 2.24) is 14.9 Å². The molecule has 0 aliphatic carbocycles. The minimum atomic E-state index is 0.711. The summed E-state index contributed by atoms with van der Waals surface area (Å²) < 4.78 is 2.28. The van der Waals surface area contributed by atoms with E-state index in [0.717, 1.165) is 31.0 Å². The average molecular weight is 243 g/mol. The molecule has 96 valence electrons. The first-order valence-corrected chi connectivity index (χ1v) is 6.97. The summed E-state index contributed by atoms with van der Waals surface area (Å²) in [6, 6.07) is 6.84. The first-order valence-electron chi connectivity index (χ1n) is 6.97. The molecule has 2 aromatic rings. The van der Waals surface area contributed by atoms with E-state index in [-0.39, 0.29) is 0 Å². The highest BCUT2D eigenvalue weighted by Gasteiger charge is 2.16. The third-order valence-corrected chi connectivity index (χ3v) is 4.09. The highest BCUT2D eigenvalue weighted by Crippen LogP contribution is 2.28. The number of nitrogens with zero attached hydrogens (tertiary/aromatic N) is 2. The second-order valence-corrected chi connectivity index (χ2v) is 5.18. The number of hydrogen-bond donors (Lipinski definition) is 1. The Kier molecular flexibility index (Phi) is 3.08. The maximum absolute atomic E-state index is 4.69. The van der Waals surface area contributed by atoms with E-state index in [2.05, 4.69) is 46.9 Å². The van der Waals surface area contributed by atoms with Crippen LogP contribution in [-0.4, -0.2) is 22.6 Å². The maximum Gasteiger partial charge on any atom is 0.106 e. The second-order valence-electron chi connectivity index (χ2n) is 5.18. The number of piperidine rings is 1. The van der Waals surface area contributed by atoms with Crippen molar-refractivity contribution in [2.45, 2.75) is 39.2 Å². The van der Waals surface area contributed by atoms with Gasteiger partial charge in [-0.25, -0.2) is 4.98 Å². The Morgan fingerprint density at radius 2 is 2.11 bits per heavy atom. The van der Waals surface area contributed by atoms with E-state index >= 15 is 0 Å². The highest BCUT2D eigenvalue weighted by molar-refractivity contribution is 5.77. The molecule has 1 aromatic carbocycles. The maximum atomic E-state index is 4.69. The summed E-state index contributed by atoms with van der Waals surface area (Å²) in [7, 11) is 0. The Morgan fingerprint density at radius 1 is 1.33 bits per heavy atom. The van der Waals surface area contributed by atoms with Gasteiger partial charge in [0.15, 0.2) is 0 Å². The van der Waals surface area contributed by atoms with Crippen molar-refractivity contribution in [2.24, 2.45) is 0 Å². The molecule has 0 bridgehead atoms. The number of imidazole rings is 1. The van der Waals surface area contributed by atoms with Crippen LogP contribution in [0.5, 0.6) is 0 Å². The molecule has 0 amide bonds. The van der Waals surface area contributed by atoms with Crippen LogP contribution in [0.1, 0.15) is 37.1 Å². The summed E-state index contributed by atoms with van der Waals surface area (Å²) in [6.07, 6.45) is 2.50. The quantitative estimate of drug-likeness (QED) is 0.879. The summed E-state index contributed by atoms with van der Waals surface area (Å²) in [6.45, 7) is 7.55. The van der Waals surface area contributed by atoms with E-state index in [9.17, 15) is 0 Å². The van der Waals surface area contributed by atoms with Crippen molar-refractivity contribution in [3.8, 4) is 0 Å². The summed E-state index contributed by atoms with van der Waals surface area (Å²) >= 11 is 0. The van der Waals surface area contributed by atoms with E-state index in [1.54, 1.807) is 0 Å². The van der Waals surface area contributed by atoms with Crippen molar-refractivity contribution in [2.75, 3.05) is 13.1 Å². The first-order chi connectivity index (χ1) is 8.79. The lowest BCUT2D eigenvalue weighted by Crippen LogP contribution is -2.26. The van der Waals surface area contributed by atoms with E-state index in [1.165, 1.54) is 23.9 Å². The fourth-order valence-corrected chi connectivity index (χ4v) is 3.08. The minimum absolute atomic E-state index is 0.711. The van der Waals surface area contributed by atoms with Gasteiger partial charge in [0, 0.05) is 6.54 Å². The zero-order valence-electron chi connectivity index (χ0n) is 11.2. The number of benzene rings is 1. The number of fused-ring (bicyclic) bond motifs is 1. The Morgan fingerprint density at radius 3 is 2.83 bits per heavy atom. The summed E-state index contributed by atoms with van der Waals surface area (Å²) in [5, 5.41) is 3.42. The largest absolute Gasteiger partial charge is 0.329 e. The lowest BCUT2D eigenvalue weighted by molar-refractivity contribution is 0.460. The van der Waals surface area contributed by atoms with Crippen molar-refractivity contribution in [1.29, 1.82) is 0 Å². The van der Waals surface area contributed by atoms with Crippen LogP contribution in [0, 0.1) is 6.92 Å². The van der Waals surface area contributed by atoms with Crippen LogP contribution in [0.3, 0.4) is 0 Å². The molecule has 1 N–H and O–H groups in total.